The summed E-state index contributed by atoms with van der Waals surface area (Å²) in [5, 5.41) is 10.1. The molecule has 0 N–H and O–H groups in total. The minimum absolute atomic E-state index is 0.0848. The Labute approximate surface area is 103 Å². The zero-order valence-corrected chi connectivity index (χ0v) is 10.7. The minimum atomic E-state index is -4.09. The molecule has 0 saturated carbocycles. The van der Waals surface area contributed by atoms with E-state index in [4.69, 9.17) is 22.3 Å². The molecule has 82 valence electrons. The number of rotatable bonds is 2. The van der Waals surface area contributed by atoms with Crippen LogP contribution < -0.4 is 0 Å². The highest BCUT2D eigenvalue weighted by atomic mass is 79.9. The molecule has 0 amide bonds. The minimum Gasteiger partial charge on any atom is -0.258 e. The van der Waals surface area contributed by atoms with Crippen LogP contribution >= 0.6 is 38.2 Å². The normalized spacial score (nSPS) is 11.4. The van der Waals surface area contributed by atoms with Gasteiger partial charge < -0.3 is 0 Å². The van der Waals surface area contributed by atoms with E-state index < -0.39 is 29.6 Å². The summed E-state index contributed by atoms with van der Waals surface area (Å²) in [6.45, 7) is 0. The molecule has 0 bridgehead atoms. The van der Waals surface area contributed by atoms with E-state index in [0.717, 1.165) is 6.07 Å². The van der Waals surface area contributed by atoms with Gasteiger partial charge in [-0.25, -0.2) is 8.42 Å². The molecule has 1 rings (SSSR count). The Morgan fingerprint density at radius 1 is 1.40 bits per heavy atom. The van der Waals surface area contributed by atoms with E-state index in [9.17, 15) is 18.5 Å². The van der Waals surface area contributed by atoms with Crippen LogP contribution in [-0.4, -0.2) is 13.3 Å². The van der Waals surface area contributed by atoms with Crippen LogP contribution in [0.15, 0.2) is 21.5 Å². The number of hydrogen-bond acceptors (Lipinski definition) is 4. The van der Waals surface area contributed by atoms with Gasteiger partial charge in [0, 0.05) is 10.7 Å². The monoisotopic (exact) mass is 333 g/mol. The summed E-state index contributed by atoms with van der Waals surface area (Å²) in [5.74, 6) is 0. The Kier molecular flexibility index (Phi) is 3.59. The van der Waals surface area contributed by atoms with Crippen molar-refractivity contribution in [3.8, 4) is 0 Å². The Balaban J connectivity index is 3.64. The van der Waals surface area contributed by atoms with E-state index in [-0.39, 0.29) is 4.47 Å². The Morgan fingerprint density at radius 2 is 1.93 bits per heavy atom. The molecule has 0 aliphatic carbocycles. The lowest BCUT2D eigenvalue weighted by molar-refractivity contribution is -0.385. The summed E-state index contributed by atoms with van der Waals surface area (Å²) in [6, 6.07) is 2.28. The maximum absolute atomic E-state index is 11.0. The van der Waals surface area contributed by atoms with Crippen molar-refractivity contribution in [1.82, 2.24) is 0 Å². The van der Waals surface area contributed by atoms with Crippen molar-refractivity contribution in [2.24, 2.45) is 0 Å². The van der Waals surface area contributed by atoms with Crippen molar-refractivity contribution in [3.63, 3.8) is 0 Å². The van der Waals surface area contributed by atoms with E-state index in [1.54, 1.807) is 0 Å². The van der Waals surface area contributed by atoms with Gasteiger partial charge in [-0.3, -0.25) is 10.1 Å². The van der Waals surface area contributed by atoms with Crippen molar-refractivity contribution in [2.75, 3.05) is 0 Å². The third-order valence-electron chi connectivity index (χ3n) is 1.48. The largest absolute Gasteiger partial charge is 0.303 e. The average molecular weight is 335 g/mol. The molecule has 0 aliphatic rings. The molecule has 1 aromatic rings. The van der Waals surface area contributed by atoms with Crippen molar-refractivity contribution < 1.29 is 13.3 Å². The summed E-state index contributed by atoms with van der Waals surface area (Å²) in [7, 11) is 0.951. The quantitative estimate of drug-likeness (QED) is 0.473. The predicted octanol–water partition coefficient (Wildman–Crippen LogP) is 2.94. The first-order chi connectivity index (χ1) is 6.75. The van der Waals surface area contributed by atoms with Crippen LogP contribution in [0.25, 0.3) is 0 Å². The van der Waals surface area contributed by atoms with E-state index in [0.29, 0.717) is 0 Å². The first kappa shape index (κ1) is 12.7. The molecular weight excluding hydrogens is 333 g/mol. The molecule has 9 heteroatoms. The molecule has 0 fully saturated rings. The molecule has 1 aromatic carbocycles. The van der Waals surface area contributed by atoms with Gasteiger partial charge in [0.25, 0.3) is 9.05 Å². The van der Waals surface area contributed by atoms with Crippen molar-refractivity contribution in [3.05, 3.63) is 31.7 Å². The predicted molar refractivity (Wildman–Crippen MR) is 58.8 cm³/mol. The van der Waals surface area contributed by atoms with E-state index in [1.807, 2.05) is 0 Å². The highest BCUT2D eigenvalue weighted by molar-refractivity contribution is 9.10. The van der Waals surface area contributed by atoms with Gasteiger partial charge in [-0.05, 0) is 28.1 Å². The molecule has 0 heterocycles. The molecule has 0 saturated heterocycles. The second-order valence-electron chi connectivity index (χ2n) is 2.40. The second-order valence-corrected chi connectivity index (χ2v) is 6.17. The van der Waals surface area contributed by atoms with Crippen molar-refractivity contribution >= 4 is 53.0 Å². The molecule has 0 spiro atoms. The van der Waals surface area contributed by atoms with Gasteiger partial charge in [-0.2, -0.15) is 0 Å². The first-order valence-corrected chi connectivity index (χ1v) is 6.80. The van der Waals surface area contributed by atoms with Gasteiger partial charge in [0.05, 0.1) is 9.40 Å². The molecule has 15 heavy (non-hydrogen) atoms. The summed E-state index contributed by atoms with van der Waals surface area (Å²) < 4.78 is 22.1. The second kappa shape index (κ2) is 4.25. The average Bonchev–Trinajstić information content (AvgIpc) is 2.00. The Hall–Kier alpha value is -0.370. The van der Waals surface area contributed by atoms with Crippen LogP contribution in [0.2, 0.25) is 5.02 Å². The summed E-state index contributed by atoms with van der Waals surface area (Å²) in [6.07, 6.45) is 0. The fraction of sp³-hybridized carbons (Fsp3) is 0. The van der Waals surface area contributed by atoms with Crippen LogP contribution in [-0.2, 0) is 9.05 Å². The van der Waals surface area contributed by atoms with E-state index >= 15 is 0 Å². The van der Waals surface area contributed by atoms with Crippen LogP contribution in [0.1, 0.15) is 0 Å². The van der Waals surface area contributed by atoms with Crippen molar-refractivity contribution in [2.45, 2.75) is 4.90 Å². The van der Waals surface area contributed by atoms with E-state index in [1.165, 1.54) is 6.07 Å². The molecular formula is C6H2BrCl2NO4S. The number of benzene rings is 1. The third kappa shape index (κ3) is 2.60. The highest BCUT2D eigenvalue weighted by Gasteiger charge is 2.26. The standard InChI is InChI=1S/C6H2BrCl2NO4S/c7-3-1-2-4(15(9,13)14)5(8)6(3)10(11)12/h1-2H. The van der Waals surface area contributed by atoms with Gasteiger partial charge in [-0.1, -0.05) is 11.6 Å². The fourth-order valence-electron chi connectivity index (χ4n) is 0.878. The summed E-state index contributed by atoms with van der Waals surface area (Å²) >= 11 is 8.44. The first-order valence-electron chi connectivity index (χ1n) is 3.32. The lowest BCUT2D eigenvalue weighted by Gasteiger charge is -2.02. The van der Waals surface area contributed by atoms with E-state index in [2.05, 4.69) is 15.9 Å². The maximum Gasteiger partial charge on any atom is 0.303 e. The van der Waals surface area contributed by atoms with Crippen LogP contribution in [0.4, 0.5) is 5.69 Å². The maximum atomic E-state index is 11.0. The third-order valence-corrected chi connectivity index (χ3v) is 3.98. The number of halogens is 3. The summed E-state index contributed by atoms with van der Waals surface area (Å²) in [4.78, 5) is 9.30. The molecule has 0 atom stereocenters. The fourth-order valence-corrected chi connectivity index (χ4v) is 3.05. The van der Waals surface area contributed by atoms with Gasteiger partial charge in [-0.15, -0.1) is 0 Å². The molecule has 0 radical (unpaired) electrons. The molecule has 0 unspecified atom stereocenters. The Morgan fingerprint density at radius 3 is 2.33 bits per heavy atom. The zero-order valence-electron chi connectivity index (χ0n) is 6.78. The molecule has 5 nitrogen and oxygen atoms in total. The lowest BCUT2D eigenvalue weighted by Crippen LogP contribution is -1.97. The van der Waals surface area contributed by atoms with Gasteiger partial charge in [0.15, 0.2) is 0 Å². The van der Waals surface area contributed by atoms with Crippen LogP contribution in [0.5, 0.6) is 0 Å². The van der Waals surface area contributed by atoms with Crippen molar-refractivity contribution in [1.29, 1.82) is 0 Å². The molecule has 0 aromatic heterocycles. The van der Waals surface area contributed by atoms with Gasteiger partial charge in [0.1, 0.15) is 9.92 Å². The highest BCUT2D eigenvalue weighted by Crippen LogP contribution is 2.38. The number of nitrogens with zero attached hydrogens (tertiary/aromatic N) is 1. The lowest BCUT2D eigenvalue weighted by atomic mass is 10.3. The topological polar surface area (TPSA) is 77.3 Å². The number of nitro benzene ring substituents is 1. The zero-order chi connectivity index (χ0) is 11.8. The number of hydrogen-bond donors (Lipinski definition) is 0. The van der Waals surface area contributed by atoms with Crippen LogP contribution in [0, 0.1) is 10.1 Å². The van der Waals surface area contributed by atoms with Gasteiger partial charge in [0.2, 0.25) is 0 Å². The Bertz CT molecular complexity index is 530. The van der Waals surface area contributed by atoms with Crippen LogP contribution in [0.3, 0.4) is 0 Å². The number of nitro groups is 1. The summed E-state index contributed by atoms with van der Waals surface area (Å²) in [5.41, 5.74) is -0.529. The SMILES string of the molecule is O=[N+]([O-])c1c(Br)ccc(S(=O)(=O)Cl)c1Cl. The van der Waals surface area contributed by atoms with Gasteiger partial charge >= 0.3 is 5.69 Å². The smallest absolute Gasteiger partial charge is 0.258 e. The molecule has 0 aliphatic heterocycles.